The molecule has 0 radical (unpaired) electrons. The Morgan fingerprint density at radius 2 is 2.04 bits per heavy atom. The van der Waals surface area contributed by atoms with Crippen molar-refractivity contribution in [3.8, 4) is 17.6 Å². The summed E-state index contributed by atoms with van der Waals surface area (Å²) in [5.74, 6) is 0.467. The van der Waals surface area contributed by atoms with Gasteiger partial charge in [-0.05, 0) is 69.6 Å². The van der Waals surface area contributed by atoms with Crippen molar-refractivity contribution in [1.29, 1.82) is 5.26 Å². The number of rotatable bonds is 5. The number of carbonyl (C=O) groups is 1. The zero-order valence-electron chi connectivity index (χ0n) is 15.4. The number of aliphatic carboxylic acids is 1. The molecule has 26 heavy (non-hydrogen) atoms. The number of hydrogen-bond acceptors (Lipinski definition) is 4. The number of benzene rings is 1. The van der Waals surface area contributed by atoms with E-state index in [1.54, 1.807) is 7.11 Å². The first-order valence-corrected chi connectivity index (χ1v) is 9.17. The van der Waals surface area contributed by atoms with Crippen LogP contribution in [-0.4, -0.2) is 24.3 Å². The van der Waals surface area contributed by atoms with Crippen LogP contribution in [0.4, 0.5) is 0 Å². The van der Waals surface area contributed by atoms with Crippen molar-refractivity contribution in [2.24, 2.45) is 0 Å². The molecule has 0 aliphatic heterocycles. The van der Waals surface area contributed by atoms with Crippen LogP contribution in [-0.2, 0) is 10.2 Å². The van der Waals surface area contributed by atoms with Crippen molar-refractivity contribution in [2.45, 2.75) is 63.4 Å². The van der Waals surface area contributed by atoms with E-state index in [0.29, 0.717) is 36.3 Å². The highest BCUT2D eigenvalue weighted by Crippen LogP contribution is 2.44. The lowest BCUT2D eigenvalue weighted by Gasteiger charge is -2.33. The highest BCUT2D eigenvalue weighted by molar-refractivity contribution is 5.87. The molecule has 0 saturated heterocycles. The van der Waals surface area contributed by atoms with E-state index in [9.17, 15) is 15.2 Å². The summed E-state index contributed by atoms with van der Waals surface area (Å²) in [6.07, 6.45) is 5.97. The molecule has 1 unspecified atom stereocenters. The van der Waals surface area contributed by atoms with Gasteiger partial charge in [0.15, 0.2) is 11.5 Å². The van der Waals surface area contributed by atoms with Crippen LogP contribution in [0, 0.1) is 11.3 Å². The van der Waals surface area contributed by atoms with Gasteiger partial charge < -0.3 is 14.6 Å². The second-order valence-electron chi connectivity index (χ2n) is 7.32. The zero-order valence-corrected chi connectivity index (χ0v) is 15.4. The van der Waals surface area contributed by atoms with E-state index < -0.39 is 11.4 Å². The van der Waals surface area contributed by atoms with Gasteiger partial charge in [-0.1, -0.05) is 11.6 Å². The fourth-order valence-corrected chi connectivity index (χ4v) is 4.15. The number of nitriles is 1. The second kappa shape index (κ2) is 7.41. The molecule has 2 aliphatic carbocycles. The Morgan fingerprint density at radius 3 is 2.62 bits per heavy atom. The normalized spacial score (nSPS) is 23.6. The van der Waals surface area contributed by atoms with Crippen LogP contribution >= 0.6 is 0 Å². The lowest BCUT2D eigenvalue weighted by Crippen LogP contribution is -2.29. The lowest BCUT2D eigenvalue weighted by molar-refractivity contribution is -0.133. The molecular formula is C21H25NO4. The first-order valence-electron chi connectivity index (χ1n) is 9.17. The third-order valence-electron chi connectivity index (χ3n) is 5.67. The fraction of sp³-hybridized carbons (Fsp3) is 0.524. The quantitative estimate of drug-likeness (QED) is 0.849. The highest BCUT2D eigenvalue weighted by Gasteiger charge is 2.38. The number of allylic oxidation sites excluding steroid dienone is 1. The minimum Gasteiger partial charge on any atom is -0.493 e. The third-order valence-corrected chi connectivity index (χ3v) is 5.67. The Bertz CT molecular complexity index is 771. The van der Waals surface area contributed by atoms with Gasteiger partial charge in [0, 0.05) is 5.57 Å². The number of nitrogens with zero attached hydrogens (tertiary/aromatic N) is 1. The molecule has 1 aromatic carbocycles. The van der Waals surface area contributed by atoms with Gasteiger partial charge in [-0.15, -0.1) is 0 Å². The van der Waals surface area contributed by atoms with Crippen molar-refractivity contribution < 1.29 is 19.4 Å². The standard InChI is InChI=1S/C21H25NO4/c1-14-12-21(13-22,10-9-17(14)20(23)24)15-7-8-18(25-2)19(11-15)26-16-5-3-4-6-16/h7-8,11,16H,3-6,9-10,12H2,1-2H3,(H,23,24). The smallest absolute Gasteiger partial charge is 0.331 e. The Kier molecular flexibility index (Phi) is 5.22. The van der Waals surface area contributed by atoms with E-state index in [-0.39, 0.29) is 6.10 Å². The fourth-order valence-electron chi connectivity index (χ4n) is 4.15. The third kappa shape index (κ3) is 3.41. The number of carboxylic acids is 1. The van der Waals surface area contributed by atoms with Crippen molar-refractivity contribution in [2.75, 3.05) is 7.11 Å². The van der Waals surface area contributed by atoms with Crippen molar-refractivity contribution in [3.05, 3.63) is 34.9 Å². The average Bonchev–Trinajstić information content (AvgIpc) is 3.14. The van der Waals surface area contributed by atoms with Gasteiger partial charge >= 0.3 is 5.97 Å². The maximum atomic E-state index is 11.4. The van der Waals surface area contributed by atoms with Gasteiger partial charge in [-0.2, -0.15) is 5.26 Å². The number of ether oxygens (including phenoxy) is 2. The van der Waals surface area contributed by atoms with Crippen LogP contribution in [0.5, 0.6) is 11.5 Å². The molecule has 0 heterocycles. The van der Waals surface area contributed by atoms with E-state index >= 15 is 0 Å². The first-order chi connectivity index (χ1) is 12.5. The molecular weight excluding hydrogens is 330 g/mol. The van der Waals surface area contributed by atoms with Crippen LogP contribution in [0.25, 0.3) is 0 Å². The largest absolute Gasteiger partial charge is 0.493 e. The van der Waals surface area contributed by atoms with Gasteiger partial charge in [0.2, 0.25) is 0 Å². The Balaban J connectivity index is 1.94. The molecule has 1 saturated carbocycles. The van der Waals surface area contributed by atoms with E-state index in [2.05, 4.69) is 6.07 Å². The highest BCUT2D eigenvalue weighted by atomic mass is 16.5. The molecule has 2 aliphatic rings. The molecule has 0 bridgehead atoms. The number of carboxylic acid groups (broad SMARTS) is 1. The summed E-state index contributed by atoms with van der Waals surface area (Å²) in [5, 5.41) is 19.3. The maximum Gasteiger partial charge on any atom is 0.331 e. The van der Waals surface area contributed by atoms with Gasteiger partial charge in [0.25, 0.3) is 0 Å². The Hall–Kier alpha value is -2.48. The topological polar surface area (TPSA) is 79.5 Å². The van der Waals surface area contributed by atoms with Crippen LogP contribution in [0.1, 0.15) is 57.4 Å². The number of methoxy groups -OCH3 is 1. The average molecular weight is 355 g/mol. The van der Waals surface area contributed by atoms with Crippen LogP contribution in [0.3, 0.4) is 0 Å². The summed E-state index contributed by atoms with van der Waals surface area (Å²) in [7, 11) is 1.61. The summed E-state index contributed by atoms with van der Waals surface area (Å²) in [5.41, 5.74) is 1.37. The van der Waals surface area contributed by atoms with E-state index in [4.69, 9.17) is 9.47 Å². The van der Waals surface area contributed by atoms with E-state index in [1.165, 1.54) is 12.8 Å². The lowest BCUT2D eigenvalue weighted by atomic mass is 9.68. The molecule has 1 aromatic rings. The molecule has 1 fully saturated rings. The van der Waals surface area contributed by atoms with Gasteiger partial charge in [0.1, 0.15) is 0 Å². The molecule has 138 valence electrons. The minimum atomic E-state index is -0.881. The molecule has 5 heteroatoms. The summed E-state index contributed by atoms with van der Waals surface area (Å²) < 4.78 is 11.6. The van der Waals surface area contributed by atoms with Crippen molar-refractivity contribution in [3.63, 3.8) is 0 Å². The summed E-state index contributed by atoms with van der Waals surface area (Å²) >= 11 is 0. The van der Waals surface area contributed by atoms with Crippen LogP contribution in [0.15, 0.2) is 29.3 Å². The maximum absolute atomic E-state index is 11.4. The Labute approximate surface area is 154 Å². The predicted octanol–water partition coefficient (Wildman–Crippen LogP) is 4.36. The Morgan fingerprint density at radius 1 is 1.31 bits per heavy atom. The van der Waals surface area contributed by atoms with Gasteiger partial charge in [-0.25, -0.2) is 4.79 Å². The molecule has 1 N–H and O–H groups in total. The van der Waals surface area contributed by atoms with Crippen molar-refractivity contribution in [1.82, 2.24) is 0 Å². The molecule has 3 rings (SSSR count). The summed E-state index contributed by atoms with van der Waals surface area (Å²) in [6.45, 7) is 1.81. The van der Waals surface area contributed by atoms with E-state index in [0.717, 1.165) is 24.0 Å². The predicted molar refractivity (Wildman–Crippen MR) is 97.4 cm³/mol. The van der Waals surface area contributed by atoms with Crippen molar-refractivity contribution >= 4 is 5.97 Å². The first kappa shape index (κ1) is 18.3. The molecule has 1 atom stereocenters. The monoisotopic (exact) mass is 355 g/mol. The molecule has 0 aromatic heterocycles. The van der Waals surface area contributed by atoms with Crippen LogP contribution in [0.2, 0.25) is 0 Å². The van der Waals surface area contributed by atoms with E-state index in [1.807, 2.05) is 25.1 Å². The zero-order chi connectivity index (χ0) is 18.7. The van der Waals surface area contributed by atoms with Gasteiger partial charge in [-0.3, -0.25) is 0 Å². The second-order valence-corrected chi connectivity index (χ2v) is 7.32. The molecule has 5 nitrogen and oxygen atoms in total. The van der Waals surface area contributed by atoms with Gasteiger partial charge in [0.05, 0.1) is 24.7 Å². The SMILES string of the molecule is COc1ccc(C2(C#N)CCC(C(=O)O)=C(C)C2)cc1OC1CCCC1. The summed E-state index contributed by atoms with van der Waals surface area (Å²) in [6, 6.07) is 8.13. The number of hydrogen-bond donors (Lipinski definition) is 1. The molecule has 0 amide bonds. The summed E-state index contributed by atoms with van der Waals surface area (Å²) in [4.78, 5) is 11.4. The minimum absolute atomic E-state index is 0.198. The van der Waals surface area contributed by atoms with Crippen LogP contribution < -0.4 is 9.47 Å². The molecule has 0 spiro atoms.